The van der Waals surface area contributed by atoms with Gasteiger partial charge in [-0.15, -0.1) is 0 Å². The molecule has 5 nitrogen and oxygen atoms in total. The van der Waals surface area contributed by atoms with Crippen molar-refractivity contribution in [2.75, 3.05) is 13.1 Å². The number of urea groups is 1. The standard InChI is InChI=1S/C14H28N2O3/c1-6-11(3)10-16(7-2)13(19)15-14(4,5)9-8-12(17)18/h11H,6-10H2,1-5H3,(H,15,19)(H,17,18). The average molecular weight is 272 g/mol. The Bertz CT molecular complexity index is 303. The van der Waals surface area contributed by atoms with Crippen LogP contribution in [0.1, 0.15) is 53.9 Å². The van der Waals surface area contributed by atoms with Crippen molar-refractivity contribution in [3.63, 3.8) is 0 Å². The van der Waals surface area contributed by atoms with Crippen LogP contribution in [-0.4, -0.2) is 40.6 Å². The van der Waals surface area contributed by atoms with Crippen molar-refractivity contribution in [1.82, 2.24) is 10.2 Å². The molecule has 19 heavy (non-hydrogen) atoms. The maximum atomic E-state index is 12.2. The third-order valence-corrected chi connectivity index (χ3v) is 3.31. The number of nitrogens with zero attached hydrogens (tertiary/aromatic N) is 1. The van der Waals surface area contributed by atoms with Crippen molar-refractivity contribution in [3.05, 3.63) is 0 Å². The molecular formula is C14H28N2O3. The summed E-state index contributed by atoms with van der Waals surface area (Å²) in [6.07, 6.45) is 1.52. The molecule has 2 N–H and O–H groups in total. The SMILES string of the molecule is CCC(C)CN(CC)C(=O)NC(C)(C)CCC(=O)O. The molecular weight excluding hydrogens is 244 g/mol. The molecule has 0 aromatic rings. The molecule has 1 atom stereocenters. The summed E-state index contributed by atoms with van der Waals surface area (Å²) in [7, 11) is 0. The highest BCUT2D eigenvalue weighted by atomic mass is 16.4. The highest BCUT2D eigenvalue weighted by molar-refractivity contribution is 5.75. The van der Waals surface area contributed by atoms with Crippen LogP contribution in [0.3, 0.4) is 0 Å². The number of amides is 2. The monoisotopic (exact) mass is 272 g/mol. The van der Waals surface area contributed by atoms with Gasteiger partial charge in [-0.25, -0.2) is 4.79 Å². The van der Waals surface area contributed by atoms with Crippen molar-refractivity contribution in [3.8, 4) is 0 Å². The van der Waals surface area contributed by atoms with E-state index in [4.69, 9.17) is 5.11 Å². The summed E-state index contributed by atoms with van der Waals surface area (Å²) < 4.78 is 0. The van der Waals surface area contributed by atoms with Crippen LogP contribution >= 0.6 is 0 Å². The first-order valence-corrected chi connectivity index (χ1v) is 7.00. The number of nitrogens with one attached hydrogen (secondary N) is 1. The molecule has 0 bridgehead atoms. The molecule has 0 spiro atoms. The van der Waals surface area contributed by atoms with Gasteiger partial charge in [0.2, 0.25) is 0 Å². The summed E-state index contributed by atoms with van der Waals surface area (Å²) in [5.41, 5.74) is -0.502. The van der Waals surface area contributed by atoms with Gasteiger partial charge in [0.25, 0.3) is 0 Å². The molecule has 0 fully saturated rings. The minimum Gasteiger partial charge on any atom is -0.481 e. The number of carboxylic acids is 1. The van der Waals surface area contributed by atoms with Crippen molar-refractivity contribution in [2.45, 2.75) is 59.4 Å². The van der Waals surface area contributed by atoms with E-state index in [1.54, 1.807) is 4.90 Å². The van der Waals surface area contributed by atoms with Crippen LogP contribution < -0.4 is 5.32 Å². The highest BCUT2D eigenvalue weighted by Crippen LogP contribution is 2.13. The van der Waals surface area contributed by atoms with E-state index in [0.29, 0.717) is 18.9 Å². The molecule has 0 radical (unpaired) electrons. The Morgan fingerprint density at radius 2 is 1.89 bits per heavy atom. The lowest BCUT2D eigenvalue weighted by Crippen LogP contribution is -2.51. The first-order valence-electron chi connectivity index (χ1n) is 7.00. The largest absolute Gasteiger partial charge is 0.481 e. The highest BCUT2D eigenvalue weighted by Gasteiger charge is 2.24. The van der Waals surface area contributed by atoms with Crippen LogP contribution in [-0.2, 0) is 4.79 Å². The number of hydrogen-bond acceptors (Lipinski definition) is 2. The fourth-order valence-electron chi connectivity index (χ4n) is 1.71. The van der Waals surface area contributed by atoms with Gasteiger partial charge in [0.05, 0.1) is 0 Å². The first-order chi connectivity index (χ1) is 8.71. The van der Waals surface area contributed by atoms with Gasteiger partial charge in [-0.05, 0) is 33.1 Å². The lowest BCUT2D eigenvalue weighted by Gasteiger charge is -2.31. The van der Waals surface area contributed by atoms with Crippen LogP contribution in [0.25, 0.3) is 0 Å². The lowest BCUT2D eigenvalue weighted by atomic mass is 9.98. The Hall–Kier alpha value is -1.26. The maximum Gasteiger partial charge on any atom is 0.317 e. The predicted octanol–water partition coefficient (Wildman–Crippen LogP) is 2.71. The van der Waals surface area contributed by atoms with Crippen molar-refractivity contribution in [1.29, 1.82) is 0 Å². The normalized spacial score (nSPS) is 12.9. The zero-order chi connectivity index (χ0) is 15.1. The summed E-state index contributed by atoms with van der Waals surface area (Å²) in [6.45, 7) is 11.3. The van der Waals surface area contributed by atoms with E-state index in [9.17, 15) is 9.59 Å². The van der Waals surface area contributed by atoms with Crippen molar-refractivity contribution in [2.24, 2.45) is 5.92 Å². The van der Waals surface area contributed by atoms with Gasteiger partial charge in [-0.1, -0.05) is 20.3 Å². The maximum absolute atomic E-state index is 12.2. The number of carboxylic acid groups (broad SMARTS) is 1. The molecule has 0 saturated heterocycles. The van der Waals surface area contributed by atoms with Crippen LogP contribution in [0.5, 0.6) is 0 Å². The second-order valence-electron chi connectivity index (χ2n) is 5.76. The summed E-state index contributed by atoms with van der Waals surface area (Å²) in [5.74, 6) is -0.373. The van der Waals surface area contributed by atoms with E-state index in [-0.39, 0.29) is 12.5 Å². The first kappa shape index (κ1) is 17.7. The minimum absolute atomic E-state index is 0.0603. The molecule has 5 heteroatoms. The minimum atomic E-state index is -0.839. The summed E-state index contributed by atoms with van der Waals surface area (Å²) in [4.78, 5) is 24.5. The molecule has 1 unspecified atom stereocenters. The van der Waals surface area contributed by atoms with Crippen LogP contribution in [0.15, 0.2) is 0 Å². The fraction of sp³-hybridized carbons (Fsp3) is 0.857. The topological polar surface area (TPSA) is 69.6 Å². The predicted molar refractivity (Wildman–Crippen MR) is 76.2 cm³/mol. The molecule has 2 amide bonds. The molecule has 0 rings (SSSR count). The summed E-state index contributed by atoms with van der Waals surface area (Å²) in [6, 6.07) is -0.113. The molecule has 0 saturated carbocycles. The van der Waals surface area contributed by atoms with E-state index < -0.39 is 11.5 Å². The van der Waals surface area contributed by atoms with Gasteiger partial charge >= 0.3 is 12.0 Å². The van der Waals surface area contributed by atoms with Gasteiger partial charge in [0.1, 0.15) is 0 Å². The average Bonchev–Trinajstić information content (AvgIpc) is 2.32. The Morgan fingerprint density at radius 1 is 1.32 bits per heavy atom. The van der Waals surface area contributed by atoms with E-state index in [2.05, 4.69) is 19.2 Å². The molecule has 0 aliphatic heterocycles. The number of hydrogen-bond donors (Lipinski definition) is 2. The molecule has 112 valence electrons. The number of carbonyl (C=O) groups is 2. The fourth-order valence-corrected chi connectivity index (χ4v) is 1.71. The second-order valence-corrected chi connectivity index (χ2v) is 5.76. The van der Waals surface area contributed by atoms with Crippen LogP contribution in [0.2, 0.25) is 0 Å². The van der Waals surface area contributed by atoms with Gasteiger partial charge in [-0.2, -0.15) is 0 Å². The van der Waals surface area contributed by atoms with Crippen LogP contribution in [0.4, 0.5) is 4.79 Å². The third-order valence-electron chi connectivity index (χ3n) is 3.31. The molecule has 0 aliphatic carbocycles. The quantitative estimate of drug-likeness (QED) is 0.713. The van der Waals surface area contributed by atoms with Gasteiger partial charge < -0.3 is 15.3 Å². The van der Waals surface area contributed by atoms with E-state index in [0.717, 1.165) is 13.0 Å². The number of rotatable bonds is 8. The third kappa shape index (κ3) is 7.70. The number of aliphatic carboxylic acids is 1. The number of carbonyl (C=O) groups excluding carboxylic acids is 1. The zero-order valence-electron chi connectivity index (χ0n) is 12.8. The van der Waals surface area contributed by atoms with E-state index in [1.807, 2.05) is 20.8 Å². The summed E-state index contributed by atoms with van der Waals surface area (Å²) in [5, 5.41) is 11.6. The smallest absolute Gasteiger partial charge is 0.317 e. The Balaban J connectivity index is 4.41. The van der Waals surface area contributed by atoms with Crippen molar-refractivity contribution < 1.29 is 14.7 Å². The lowest BCUT2D eigenvalue weighted by molar-refractivity contribution is -0.137. The van der Waals surface area contributed by atoms with Crippen LogP contribution in [0, 0.1) is 5.92 Å². The molecule has 0 heterocycles. The second kappa shape index (κ2) is 8.02. The van der Waals surface area contributed by atoms with E-state index in [1.165, 1.54) is 0 Å². The van der Waals surface area contributed by atoms with Gasteiger partial charge in [0.15, 0.2) is 0 Å². The summed E-state index contributed by atoms with van der Waals surface area (Å²) >= 11 is 0. The molecule has 0 aliphatic rings. The zero-order valence-corrected chi connectivity index (χ0v) is 12.8. The van der Waals surface area contributed by atoms with Gasteiger partial charge in [0, 0.05) is 25.0 Å². The van der Waals surface area contributed by atoms with E-state index >= 15 is 0 Å². The molecule has 0 aromatic heterocycles. The van der Waals surface area contributed by atoms with Gasteiger partial charge in [-0.3, -0.25) is 4.79 Å². The Morgan fingerprint density at radius 3 is 2.32 bits per heavy atom. The molecule has 0 aromatic carbocycles. The van der Waals surface area contributed by atoms with Crippen molar-refractivity contribution >= 4 is 12.0 Å². The Kier molecular flexibility index (Phi) is 7.49. The Labute approximate surface area is 116 Å².